The van der Waals surface area contributed by atoms with E-state index in [2.05, 4.69) is 69.5 Å². The summed E-state index contributed by atoms with van der Waals surface area (Å²) in [6.07, 6.45) is 8.42. The number of hydrogen-bond acceptors (Lipinski definition) is 5. The van der Waals surface area contributed by atoms with E-state index >= 15 is 0 Å². The molecule has 3 aromatic carbocycles. The first-order valence-corrected chi connectivity index (χ1v) is 17.0. The summed E-state index contributed by atoms with van der Waals surface area (Å²) in [6.45, 7) is 4.47. The fraction of sp³-hybridized carbons (Fsp3) is 0.474. The molecular formula is C38H49N5O2. The van der Waals surface area contributed by atoms with Gasteiger partial charge in [-0.1, -0.05) is 67.4 Å². The zero-order chi connectivity index (χ0) is 31.2. The number of likely N-dealkylation sites (N-methyl/N-ethyl adjacent to an activating group) is 1. The summed E-state index contributed by atoms with van der Waals surface area (Å²) in [5.74, 6) is 0.417. The minimum atomic E-state index is 0.103. The summed E-state index contributed by atoms with van der Waals surface area (Å²) in [5, 5.41) is 3.35. The third-order valence-electron chi connectivity index (χ3n) is 10.1. The second-order valence-corrected chi connectivity index (χ2v) is 13.4. The SMILES string of the molecule is CN1CCN(c2ccc(-c3cccc(CN(C(=O)Cc4ccccc4)C4CCC(N)CC4)c3)cc2NC(=O)C2CCCC2)CC1. The first kappa shape index (κ1) is 31.3. The number of carbonyl (C=O) groups is 2. The Balaban J connectivity index is 1.25. The van der Waals surface area contributed by atoms with E-state index < -0.39 is 0 Å². The second kappa shape index (κ2) is 14.6. The van der Waals surface area contributed by atoms with Gasteiger partial charge < -0.3 is 25.8 Å². The maximum absolute atomic E-state index is 13.8. The standard InChI is InChI=1S/C38H49N5O2/c1-41-20-22-42(23-21-41)36-19-14-32(26-35(36)40-38(45)30-11-5-6-12-30)31-13-7-10-29(24-31)27-43(34-17-15-33(39)16-18-34)37(44)25-28-8-3-2-4-9-28/h2-4,7-10,13-14,19,24,26,30,33-34H,5-6,11-12,15-18,20-23,25,27,39H2,1H3,(H,40,45). The topological polar surface area (TPSA) is 81.9 Å². The van der Waals surface area contributed by atoms with Crippen molar-refractivity contribution < 1.29 is 9.59 Å². The maximum Gasteiger partial charge on any atom is 0.227 e. The number of benzene rings is 3. The van der Waals surface area contributed by atoms with Crippen molar-refractivity contribution in [1.82, 2.24) is 9.80 Å². The smallest absolute Gasteiger partial charge is 0.227 e. The summed E-state index contributed by atoms with van der Waals surface area (Å²) < 4.78 is 0. The lowest BCUT2D eigenvalue weighted by atomic mass is 9.90. The molecule has 2 aliphatic carbocycles. The van der Waals surface area contributed by atoms with Crippen LogP contribution in [0.15, 0.2) is 72.8 Å². The van der Waals surface area contributed by atoms with Crippen LogP contribution in [0.5, 0.6) is 0 Å². The fourth-order valence-corrected chi connectivity index (χ4v) is 7.31. The van der Waals surface area contributed by atoms with Gasteiger partial charge in [0.2, 0.25) is 11.8 Å². The molecule has 0 aromatic heterocycles. The van der Waals surface area contributed by atoms with Crippen molar-refractivity contribution in [2.75, 3.05) is 43.4 Å². The Morgan fingerprint density at radius 3 is 2.22 bits per heavy atom. The molecule has 0 radical (unpaired) electrons. The van der Waals surface area contributed by atoms with Crippen LogP contribution < -0.4 is 16.0 Å². The van der Waals surface area contributed by atoms with Gasteiger partial charge in [0.15, 0.2) is 0 Å². The number of nitrogens with one attached hydrogen (secondary N) is 1. The van der Waals surface area contributed by atoms with Crippen LogP contribution in [-0.2, 0) is 22.6 Å². The molecule has 0 unspecified atom stereocenters. The maximum atomic E-state index is 13.8. The Kier molecular flexibility index (Phi) is 10.2. The quantitative estimate of drug-likeness (QED) is 0.308. The van der Waals surface area contributed by atoms with Gasteiger partial charge in [0.05, 0.1) is 17.8 Å². The third-order valence-corrected chi connectivity index (χ3v) is 10.1. The Labute approximate surface area is 268 Å². The van der Waals surface area contributed by atoms with Gasteiger partial charge in [-0.25, -0.2) is 0 Å². The van der Waals surface area contributed by atoms with Gasteiger partial charge in [0, 0.05) is 50.7 Å². The molecule has 0 atom stereocenters. The molecule has 0 bridgehead atoms. The molecule has 2 amide bonds. The summed E-state index contributed by atoms with van der Waals surface area (Å²) in [4.78, 5) is 33.9. The molecule has 6 rings (SSSR count). The molecule has 1 saturated heterocycles. The van der Waals surface area contributed by atoms with E-state index in [1.165, 1.54) is 0 Å². The van der Waals surface area contributed by atoms with Crippen molar-refractivity contribution in [2.45, 2.75) is 76.4 Å². The molecule has 1 heterocycles. The molecule has 7 nitrogen and oxygen atoms in total. The van der Waals surface area contributed by atoms with Gasteiger partial charge in [-0.15, -0.1) is 0 Å². The second-order valence-electron chi connectivity index (χ2n) is 13.4. The lowest BCUT2D eigenvalue weighted by Crippen LogP contribution is -2.44. The number of piperazine rings is 1. The number of anilines is 2. The van der Waals surface area contributed by atoms with Crippen LogP contribution in [0.3, 0.4) is 0 Å². The number of nitrogens with two attached hydrogens (primary N) is 1. The molecule has 45 heavy (non-hydrogen) atoms. The van der Waals surface area contributed by atoms with Crippen molar-refractivity contribution in [3.8, 4) is 11.1 Å². The van der Waals surface area contributed by atoms with Crippen molar-refractivity contribution >= 4 is 23.2 Å². The van der Waals surface area contributed by atoms with Gasteiger partial charge in [-0.3, -0.25) is 9.59 Å². The Morgan fingerprint density at radius 1 is 0.800 bits per heavy atom. The van der Waals surface area contributed by atoms with E-state index in [9.17, 15) is 9.59 Å². The zero-order valence-electron chi connectivity index (χ0n) is 26.8. The number of hydrogen-bond donors (Lipinski definition) is 2. The van der Waals surface area contributed by atoms with E-state index in [-0.39, 0.29) is 29.8 Å². The van der Waals surface area contributed by atoms with Crippen LogP contribution in [0.1, 0.15) is 62.5 Å². The lowest BCUT2D eigenvalue weighted by Gasteiger charge is -2.36. The Morgan fingerprint density at radius 2 is 1.49 bits per heavy atom. The highest BCUT2D eigenvalue weighted by Crippen LogP contribution is 2.35. The largest absolute Gasteiger partial charge is 0.367 e. The van der Waals surface area contributed by atoms with Crippen molar-refractivity contribution in [3.63, 3.8) is 0 Å². The molecular weight excluding hydrogens is 558 g/mol. The van der Waals surface area contributed by atoms with Gasteiger partial charge in [0.25, 0.3) is 0 Å². The van der Waals surface area contributed by atoms with E-state index in [1.807, 2.05) is 30.3 Å². The van der Waals surface area contributed by atoms with Crippen LogP contribution in [0.25, 0.3) is 11.1 Å². The number of amides is 2. The third kappa shape index (κ3) is 7.95. The highest BCUT2D eigenvalue weighted by molar-refractivity contribution is 5.97. The van der Waals surface area contributed by atoms with Gasteiger partial charge in [0.1, 0.15) is 0 Å². The molecule has 3 aliphatic rings. The molecule has 0 spiro atoms. The van der Waals surface area contributed by atoms with Crippen LogP contribution in [0, 0.1) is 5.92 Å². The minimum absolute atomic E-state index is 0.103. The Hall–Kier alpha value is -3.68. The van der Waals surface area contributed by atoms with Gasteiger partial charge in [-0.2, -0.15) is 0 Å². The molecule has 1 aliphatic heterocycles. The van der Waals surface area contributed by atoms with Crippen LogP contribution in [-0.4, -0.2) is 66.9 Å². The van der Waals surface area contributed by atoms with E-state index in [4.69, 9.17) is 5.73 Å². The monoisotopic (exact) mass is 607 g/mol. The summed E-state index contributed by atoms with van der Waals surface area (Å²) in [6, 6.07) is 25.5. The number of rotatable bonds is 9. The summed E-state index contributed by atoms with van der Waals surface area (Å²) >= 11 is 0. The molecule has 7 heteroatoms. The molecule has 3 N–H and O–H groups in total. The molecule has 238 valence electrons. The van der Waals surface area contributed by atoms with Crippen LogP contribution in [0.4, 0.5) is 11.4 Å². The summed E-state index contributed by atoms with van der Waals surface area (Å²) in [7, 11) is 2.16. The van der Waals surface area contributed by atoms with Crippen LogP contribution in [0.2, 0.25) is 0 Å². The van der Waals surface area contributed by atoms with Crippen molar-refractivity contribution in [1.29, 1.82) is 0 Å². The highest BCUT2D eigenvalue weighted by atomic mass is 16.2. The number of nitrogens with zero attached hydrogens (tertiary/aromatic N) is 3. The van der Waals surface area contributed by atoms with E-state index in [1.54, 1.807) is 0 Å². The minimum Gasteiger partial charge on any atom is -0.367 e. The Bertz CT molecular complexity index is 1440. The zero-order valence-corrected chi connectivity index (χ0v) is 26.8. The fourth-order valence-electron chi connectivity index (χ4n) is 7.31. The van der Waals surface area contributed by atoms with Crippen LogP contribution >= 0.6 is 0 Å². The first-order valence-electron chi connectivity index (χ1n) is 17.0. The average Bonchev–Trinajstić information content (AvgIpc) is 3.61. The van der Waals surface area contributed by atoms with E-state index in [0.29, 0.717) is 13.0 Å². The van der Waals surface area contributed by atoms with Crippen molar-refractivity contribution in [2.24, 2.45) is 11.7 Å². The number of carbonyl (C=O) groups excluding carboxylic acids is 2. The van der Waals surface area contributed by atoms with Crippen molar-refractivity contribution in [3.05, 3.63) is 83.9 Å². The van der Waals surface area contributed by atoms with Gasteiger partial charge >= 0.3 is 0 Å². The normalized spacial score (nSPS) is 21.1. The molecule has 3 aromatic rings. The van der Waals surface area contributed by atoms with Gasteiger partial charge in [-0.05, 0) is 86.0 Å². The lowest BCUT2D eigenvalue weighted by molar-refractivity contribution is -0.134. The predicted molar refractivity (Wildman–Crippen MR) is 183 cm³/mol. The predicted octanol–water partition coefficient (Wildman–Crippen LogP) is 6.08. The summed E-state index contributed by atoms with van der Waals surface area (Å²) in [5.41, 5.74) is 12.6. The highest BCUT2D eigenvalue weighted by Gasteiger charge is 2.28. The average molecular weight is 608 g/mol. The molecule has 3 fully saturated rings. The molecule has 2 saturated carbocycles. The van der Waals surface area contributed by atoms with E-state index in [0.717, 1.165) is 111 Å². The first-order chi connectivity index (χ1) is 21.9.